The molecule has 0 bridgehead atoms. The van der Waals surface area contributed by atoms with E-state index < -0.39 is 12.1 Å². The molecule has 0 spiro atoms. The lowest BCUT2D eigenvalue weighted by molar-refractivity contribution is -0.148. The zero-order valence-electron chi connectivity index (χ0n) is 17.7. The molecule has 0 aliphatic heterocycles. The van der Waals surface area contributed by atoms with Crippen LogP contribution in [0, 0.1) is 6.92 Å². The van der Waals surface area contributed by atoms with E-state index in [0.29, 0.717) is 6.61 Å². The third-order valence-corrected chi connectivity index (χ3v) is 4.44. The number of benzene rings is 2. The highest BCUT2D eigenvalue weighted by Crippen LogP contribution is 2.27. The molecule has 1 atom stereocenters. The zero-order valence-corrected chi connectivity index (χ0v) is 17.7. The van der Waals surface area contributed by atoms with Crippen LogP contribution < -0.4 is 10.1 Å². The van der Waals surface area contributed by atoms with E-state index in [9.17, 15) is 9.59 Å². The Balaban J connectivity index is 1.96. The Morgan fingerprint density at radius 1 is 1.07 bits per heavy atom. The molecule has 2 aromatic carbocycles. The average Bonchev–Trinajstić information content (AvgIpc) is 2.69. The number of ether oxygens (including phenoxy) is 2. The molecule has 0 aliphatic carbocycles. The molecule has 1 unspecified atom stereocenters. The van der Waals surface area contributed by atoms with Crippen molar-refractivity contribution in [1.82, 2.24) is 0 Å². The topological polar surface area (TPSA) is 64.6 Å². The number of anilines is 1. The van der Waals surface area contributed by atoms with E-state index in [-0.39, 0.29) is 11.8 Å². The second-order valence-corrected chi connectivity index (χ2v) is 7.10. The van der Waals surface area contributed by atoms with E-state index in [1.165, 1.54) is 6.08 Å². The van der Waals surface area contributed by atoms with E-state index in [0.717, 1.165) is 28.1 Å². The van der Waals surface area contributed by atoms with Crippen LogP contribution in [0.25, 0.3) is 6.08 Å². The maximum atomic E-state index is 12.5. The minimum absolute atomic E-state index is 0.264. The van der Waals surface area contributed by atoms with Gasteiger partial charge < -0.3 is 14.8 Å². The van der Waals surface area contributed by atoms with Crippen molar-refractivity contribution in [3.8, 4) is 5.75 Å². The summed E-state index contributed by atoms with van der Waals surface area (Å²) in [7, 11) is 0. The van der Waals surface area contributed by atoms with E-state index in [4.69, 9.17) is 9.47 Å². The first kappa shape index (κ1) is 22.2. The van der Waals surface area contributed by atoms with Gasteiger partial charge in [-0.25, -0.2) is 4.79 Å². The van der Waals surface area contributed by atoms with Gasteiger partial charge in [0.15, 0.2) is 6.10 Å². The number of carbonyl (C=O) groups is 2. The standard InChI is InChI=1S/C24H29NO4/c1-6-28-20-13-10-19(11-14-20)12-15-22(26)29-18(5)24(27)25-23-17(4)8-7-9-21(23)16(2)3/h7-16,18H,6H2,1-5H3,(H,25,27)/b15-12+. The Kier molecular flexibility index (Phi) is 8.01. The summed E-state index contributed by atoms with van der Waals surface area (Å²) in [6.45, 7) is 10.2. The highest BCUT2D eigenvalue weighted by Gasteiger charge is 2.19. The molecule has 29 heavy (non-hydrogen) atoms. The highest BCUT2D eigenvalue weighted by molar-refractivity contribution is 5.97. The number of hydrogen-bond acceptors (Lipinski definition) is 4. The summed E-state index contributed by atoms with van der Waals surface area (Å²) < 4.78 is 10.6. The Bertz CT molecular complexity index is 869. The molecule has 0 aromatic heterocycles. The minimum atomic E-state index is -0.910. The lowest BCUT2D eigenvalue weighted by Crippen LogP contribution is -2.30. The smallest absolute Gasteiger partial charge is 0.331 e. The van der Waals surface area contributed by atoms with Gasteiger partial charge in [0.1, 0.15) is 5.75 Å². The Hall–Kier alpha value is -3.08. The van der Waals surface area contributed by atoms with Crippen molar-refractivity contribution in [3.63, 3.8) is 0 Å². The van der Waals surface area contributed by atoms with Gasteiger partial charge in [0.25, 0.3) is 5.91 Å². The summed E-state index contributed by atoms with van der Waals surface area (Å²) in [6.07, 6.45) is 2.04. The van der Waals surface area contributed by atoms with Crippen LogP contribution in [0.3, 0.4) is 0 Å². The van der Waals surface area contributed by atoms with Crippen molar-refractivity contribution in [2.24, 2.45) is 0 Å². The van der Waals surface area contributed by atoms with Gasteiger partial charge in [0.2, 0.25) is 0 Å². The fraction of sp³-hybridized carbons (Fsp3) is 0.333. The Morgan fingerprint density at radius 3 is 2.38 bits per heavy atom. The maximum absolute atomic E-state index is 12.5. The van der Waals surface area contributed by atoms with E-state index >= 15 is 0 Å². The molecular weight excluding hydrogens is 366 g/mol. The van der Waals surface area contributed by atoms with Crippen LogP contribution in [0.5, 0.6) is 5.75 Å². The van der Waals surface area contributed by atoms with Crippen LogP contribution in [-0.2, 0) is 14.3 Å². The fourth-order valence-corrected chi connectivity index (χ4v) is 2.84. The van der Waals surface area contributed by atoms with Crippen LogP contribution in [-0.4, -0.2) is 24.6 Å². The summed E-state index contributed by atoms with van der Waals surface area (Å²) in [5.74, 6) is 0.106. The number of esters is 1. The van der Waals surface area contributed by atoms with Gasteiger partial charge >= 0.3 is 5.97 Å². The number of amides is 1. The van der Waals surface area contributed by atoms with E-state index in [1.54, 1.807) is 13.0 Å². The molecule has 0 aliphatic rings. The van der Waals surface area contributed by atoms with Crippen molar-refractivity contribution >= 4 is 23.6 Å². The summed E-state index contributed by atoms with van der Waals surface area (Å²) in [5.41, 5.74) is 3.63. The van der Waals surface area contributed by atoms with E-state index in [1.807, 2.05) is 56.3 Å². The summed E-state index contributed by atoms with van der Waals surface area (Å²) in [4.78, 5) is 24.6. The van der Waals surface area contributed by atoms with Crippen LogP contribution in [0.4, 0.5) is 5.69 Å². The van der Waals surface area contributed by atoms with Crippen LogP contribution in [0.1, 0.15) is 50.3 Å². The van der Waals surface area contributed by atoms with Crippen LogP contribution in [0.2, 0.25) is 0 Å². The van der Waals surface area contributed by atoms with Gasteiger partial charge in [-0.1, -0.05) is 44.2 Å². The predicted molar refractivity (Wildman–Crippen MR) is 116 cm³/mol. The molecular formula is C24H29NO4. The van der Waals surface area contributed by atoms with Gasteiger partial charge in [0.05, 0.1) is 6.61 Å². The number of aryl methyl sites for hydroxylation is 1. The minimum Gasteiger partial charge on any atom is -0.494 e. The van der Waals surface area contributed by atoms with Gasteiger partial charge in [-0.05, 0) is 61.6 Å². The highest BCUT2D eigenvalue weighted by atomic mass is 16.5. The van der Waals surface area contributed by atoms with Crippen molar-refractivity contribution < 1.29 is 19.1 Å². The molecule has 0 heterocycles. The van der Waals surface area contributed by atoms with Crippen molar-refractivity contribution in [2.75, 3.05) is 11.9 Å². The monoisotopic (exact) mass is 395 g/mol. The van der Waals surface area contributed by atoms with Crippen molar-refractivity contribution in [3.05, 3.63) is 65.2 Å². The Labute approximate surface area is 172 Å². The second kappa shape index (κ2) is 10.5. The SMILES string of the molecule is CCOc1ccc(/C=C/C(=O)OC(C)C(=O)Nc2c(C)cccc2C(C)C)cc1. The largest absolute Gasteiger partial charge is 0.494 e. The number of hydrogen-bond donors (Lipinski definition) is 1. The quantitative estimate of drug-likeness (QED) is 0.499. The molecule has 2 rings (SSSR count). The van der Waals surface area contributed by atoms with E-state index in [2.05, 4.69) is 19.2 Å². The molecule has 5 heteroatoms. The number of para-hydroxylation sites is 1. The average molecular weight is 395 g/mol. The first-order chi connectivity index (χ1) is 13.8. The first-order valence-corrected chi connectivity index (χ1v) is 9.83. The molecule has 2 aromatic rings. The lowest BCUT2D eigenvalue weighted by atomic mass is 9.98. The molecule has 0 fully saturated rings. The van der Waals surface area contributed by atoms with Crippen LogP contribution >= 0.6 is 0 Å². The maximum Gasteiger partial charge on any atom is 0.331 e. The summed E-state index contributed by atoms with van der Waals surface area (Å²) in [6, 6.07) is 13.3. The van der Waals surface area contributed by atoms with Gasteiger partial charge in [-0.3, -0.25) is 4.79 Å². The third kappa shape index (κ3) is 6.49. The number of nitrogens with one attached hydrogen (secondary N) is 1. The number of carbonyl (C=O) groups excluding carboxylic acids is 2. The zero-order chi connectivity index (χ0) is 21.4. The lowest BCUT2D eigenvalue weighted by Gasteiger charge is -2.18. The van der Waals surface area contributed by atoms with Gasteiger partial charge in [-0.2, -0.15) is 0 Å². The molecule has 5 nitrogen and oxygen atoms in total. The normalized spacial score (nSPS) is 12.1. The molecule has 0 saturated carbocycles. The van der Waals surface area contributed by atoms with Crippen LogP contribution in [0.15, 0.2) is 48.5 Å². The predicted octanol–water partition coefficient (Wildman–Crippen LogP) is 5.10. The third-order valence-electron chi connectivity index (χ3n) is 4.44. The summed E-state index contributed by atoms with van der Waals surface area (Å²) >= 11 is 0. The first-order valence-electron chi connectivity index (χ1n) is 9.83. The number of rotatable bonds is 8. The second-order valence-electron chi connectivity index (χ2n) is 7.10. The molecule has 154 valence electrons. The summed E-state index contributed by atoms with van der Waals surface area (Å²) in [5, 5.41) is 2.90. The van der Waals surface area contributed by atoms with Crippen molar-refractivity contribution in [2.45, 2.75) is 46.6 Å². The molecule has 1 amide bonds. The van der Waals surface area contributed by atoms with Gasteiger partial charge in [-0.15, -0.1) is 0 Å². The van der Waals surface area contributed by atoms with Crippen molar-refractivity contribution in [1.29, 1.82) is 0 Å². The molecule has 0 radical (unpaired) electrons. The fourth-order valence-electron chi connectivity index (χ4n) is 2.84. The van der Waals surface area contributed by atoms with Gasteiger partial charge in [0, 0.05) is 11.8 Å². The Morgan fingerprint density at radius 2 is 1.76 bits per heavy atom. The molecule has 0 saturated heterocycles. The molecule has 1 N–H and O–H groups in total.